The van der Waals surface area contributed by atoms with Gasteiger partial charge in [0.1, 0.15) is 0 Å². The topological polar surface area (TPSA) is 40.5 Å². The van der Waals surface area contributed by atoms with Gasteiger partial charge >= 0.3 is 0 Å². The van der Waals surface area contributed by atoms with Crippen LogP contribution in [0.25, 0.3) is 0 Å². The lowest BCUT2D eigenvalue weighted by Gasteiger charge is -2.55. The Kier molecular flexibility index (Phi) is 2.77. The molecule has 3 aliphatic carbocycles. The Morgan fingerprint density at radius 2 is 1.79 bits per heavy atom. The van der Waals surface area contributed by atoms with E-state index in [1.807, 2.05) is 6.92 Å². The average Bonchev–Trinajstić information content (AvgIpc) is 2.61. The van der Waals surface area contributed by atoms with Crippen molar-refractivity contribution in [2.75, 3.05) is 0 Å². The van der Waals surface area contributed by atoms with Gasteiger partial charge in [-0.25, -0.2) is 0 Å². The molecule has 0 radical (unpaired) electrons. The molecule has 0 aromatic rings. The first-order valence-corrected chi connectivity index (χ1v) is 7.81. The molecule has 108 valence electrons. The highest BCUT2D eigenvalue weighted by Gasteiger charge is 2.57. The average molecular weight is 264 g/mol. The molecule has 3 rings (SSSR count). The van der Waals surface area contributed by atoms with Crippen LogP contribution in [0.5, 0.6) is 0 Å². The lowest BCUT2D eigenvalue weighted by molar-refractivity contribution is -0.0819. The second-order valence-electron chi connectivity index (χ2n) is 8.11. The first-order valence-electron chi connectivity index (χ1n) is 7.81. The van der Waals surface area contributed by atoms with Crippen molar-refractivity contribution in [1.82, 2.24) is 0 Å². The second-order valence-corrected chi connectivity index (χ2v) is 8.11. The van der Waals surface area contributed by atoms with Crippen LogP contribution in [-0.4, -0.2) is 21.9 Å². The Hall–Kier alpha value is -0.340. The molecule has 2 heteroatoms. The first-order chi connectivity index (χ1) is 8.70. The summed E-state index contributed by atoms with van der Waals surface area (Å²) in [4.78, 5) is 0. The highest BCUT2D eigenvalue weighted by molar-refractivity contribution is 5.30. The van der Waals surface area contributed by atoms with Crippen LogP contribution >= 0.6 is 0 Å². The monoisotopic (exact) mass is 264 g/mol. The summed E-state index contributed by atoms with van der Waals surface area (Å²) in [6.45, 7) is 8.64. The van der Waals surface area contributed by atoms with Crippen molar-refractivity contribution in [1.29, 1.82) is 0 Å². The summed E-state index contributed by atoms with van der Waals surface area (Å²) >= 11 is 0. The Morgan fingerprint density at radius 3 is 2.47 bits per heavy atom. The highest BCUT2D eigenvalue weighted by atomic mass is 16.3. The molecule has 2 N–H and O–H groups in total. The van der Waals surface area contributed by atoms with Crippen LogP contribution in [0.4, 0.5) is 0 Å². The van der Waals surface area contributed by atoms with Gasteiger partial charge in [-0.15, -0.1) is 0 Å². The lowest BCUT2D eigenvalue weighted by atomic mass is 9.51. The number of fused-ring (bicyclic) bond motifs is 3. The summed E-state index contributed by atoms with van der Waals surface area (Å²) < 4.78 is 0. The molecule has 0 saturated heterocycles. The fourth-order valence-electron chi connectivity index (χ4n) is 5.03. The number of aliphatic hydroxyl groups excluding tert-OH is 1. The Balaban J connectivity index is 2.01. The minimum atomic E-state index is -0.597. The van der Waals surface area contributed by atoms with Crippen molar-refractivity contribution in [2.24, 2.45) is 22.7 Å². The molecule has 0 aromatic heterocycles. The molecule has 0 bridgehead atoms. The Labute approximate surface area is 116 Å². The predicted molar refractivity (Wildman–Crippen MR) is 76.7 cm³/mol. The normalized spacial score (nSPS) is 52.3. The molecule has 2 nitrogen and oxygen atoms in total. The fourth-order valence-corrected chi connectivity index (χ4v) is 5.03. The third-order valence-electron chi connectivity index (χ3n) is 7.02. The van der Waals surface area contributed by atoms with Crippen LogP contribution in [0.15, 0.2) is 11.6 Å². The molecule has 2 fully saturated rings. The quantitative estimate of drug-likeness (QED) is 0.659. The van der Waals surface area contributed by atoms with Gasteiger partial charge in [0.15, 0.2) is 0 Å². The first kappa shape index (κ1) is 13.6. The summed E-state index contributed by atoms with van der Waals surface area (Å²) in [5, 5.41) is 21.0. The molecular formula is C17H28O2. The van der Waals surface area contributed by atoms with Crippen molar-refractivity contribution < 1.29 is 10.2 Å². The molecule has 5 atom stereocenters. The maximum absolute atomic E-state index is 10.7. The SMILES string of the molecule is CC12CC=C3C(CC[C@](C)(O)C3(C)C)C1CCC2O. The molecule has 19 heavy (non-hydrogen) atoms. The molecular weight excluding hydrogens is 236 g/mol. The third-order valence-corrected chi connectivity index (χ3v) is 7.02. The Morgan fingerprint density at radius 1 is 1.11 bits per heavy atom. The molecule has 0 heterocycles. The van der Waals surface area contributed by atoms with E-state index < -0.39 is 5.60 Å². The van der Waals surface area contributed by atoms with Crippen LogP contribution in [-0.2, 0) is 0 Å². The summed E-state index contributed by atoms with van der Waals surface area (Å²) in [7, 11) is 0. The van der Waals surface area contributed by atoms with E-state index in [1.165, 1.54) is 5.57 Å². The summed E-state index contributed by atoms with van der Waals surface area (Å²) in [5.41, 5.74) is 0.804. The fraction of sp³-hybridized carbons (Fsp3) is 0.882. The van der Waals surface area contributed by atoms with Crippen LogP contribution in [0.2, 0.25) is 0 Å². The van der Waals surface area contributed by atoms with Crippen molar-refractivity contribution in [3.8, 4) is 0 Å². The van der Waals surface area contributed by atoms with Gasteiger partial charge in [0.2, 0.25) is 0 Å². The van der Waals surface area contributed by atoms with Crippen LogP contribution in [0.3, 0.4) is 0 Å². The van der Waals surface area contributed by atoms with Gasteiger partial charge in [0.25, 0.3) is 0 Å². The predicted octanol–water partition coefficient (Wildman–Crippen LogP) is 3.28. The largest absolute Gasteiger partial charge is 0.393 e. The smallest absolute Gasteiger partial charge is 0.0707 e. The zero-order valence-corrected chi connectivity index (χ0v) is 12.7. The molecule has 0 aromatic carbocycles. The number of aliphatic hydroxyl groups is 2. The number of hydrogen-bond donors (Lipinski definition) is 2. The summed E-state index contributed by atoms with van der Waals surface area (Å²) in [6.07, 6.45) is 7.25. The van der Waals surface area contributed by atoms with Gasteiger partial charge in [0, 0.05) is 10.8 Å². The van der Waals surface area contributed by atoms with E-state index in [1.54, 1.807) is 0 Å². The minimum absolute atomic E-state index is 0.0768. The van der Waals surface area contributed by atoms with Crippen LogP contribution in [0.1, 0.15) is 59.8 Å². The maximum Gasteiger partial charge on any atom is 0.0707 e. The molecule has 0 aliphatic heterocycles. The molecule has 3 aliphatic rings. The highest BCUT2D eigenvalue weighted by Crippen LogP contribution is 2.62. The van der Waals surface area contributed by atoms with E-state index in [-0.39, 0.29) is 16.9 Å². The standard InChI is InChI=1S/C17H28O2/c1-15(2)12-8-9-16(3)13(5-6-14(16)18)11(12)7-10-17(15,4)19/h8,11,13-14,18-19H,5-7,9-10H2,1-4H3/t11?,13?,14?,16?,17-/m0/s1. The molecule has 2 saturated carbocycles. The van der Waals surface area contributed by atoms with E-state index in [0.717, 1.165) is 32.1 Å². The van der Waals surface area contributed by atoms with Crippen LogP contribution in [0, 0.1) is 22.7 Å². The van der Waals surface area contributed by atoms with Gasteiger partial charge in [-0.05, 0) is 50.9 Å². The van der Waals surface area contributed by atoms with E-state index >= 15 is 0 Å². The van der Waals surface area contributed by atoms with Gasteiger partial charge in [-0.2, -0.15) is 0 Å². The van der Waals surface area contributed by atoms with E-state index in [0.29, 0.717) is 11.8 Å². The summed E-state index contributed by atoms with van der Waals surface area (Å²) in [5.74, 6) is 1.18. The Bertz CT molecular complexity index is 421. The van der Waals surface area contributed by atoms with Gasteiger partial charge in [0.05, 0.1) is 11.7 Å². The zero-order valence-electron chi connectivity index (χ0n) is 12.7. The molecule has 0 spiro atoms. The number of rotatable bonds is 0. The number of hydrogen-bond acceptors (Lipinski definition) is 2. The van der Waals surface area contributed by atoms with E-state index in [4.69, 9.17) is 0 Å². The minimum Gasteiger partial charge on any atom is -0.393 e. The van der Waals surface area contributed by atoms with Crippen molar-refractivity contribution in [3.63, 3.8) is 0 Å². The van der Waals surface area contributed by atoms with Gasteiger partial charge in [-0.3, -0.25) is 0 Å². The van der Waals surface area contributed by atoms with Crippen LogP contribution < -0.4 is 0 Å². The van der Waals surface area contributed by atoms with Gasteiger partial charge < -0.3 is 10.2 Å². The van der Waals surface area contributed by atoms with Crippen molar-refractivity contribution in [3.05, 3.63) is 11.6 Å². The van der Waals surface area contributed by atoms with E-state index in [9.17, 15) is 10.2 Å². The van der Waals surface area contributed by atoms with Crippen molar-refractivity contribution >= 4 is 0 Å². The molecule has 4 unspecified atom stereocenters. The number of allylic oxidation sites excluding steroid dienone is 1. The van der Waals surface area contributed by atoms with Crippen molar-refractivity contribution in [2.45, 2.75) is 71.5 Å². The molecule has 0 amide bonds. The second kappa shape index (κ2) is 3.85. The zero-order chi connectivity index (χ0) is 14.1. The lowest BCUT2D eigenvalue weighted by Crippen LogP contribution is -2.52. The van der Waals surface area contributed by atoms with Gasteiger partial charge in [-0.1, -0.05) is 32.4 Å². The maximum atomic E-state index is 10.7. The third kappa shape index (κ3) is 1.62. The summed E-state index contributed by atoms with van der Waals surface area (Å²) in [6, 6.07) is 0. The van der Waals surface area contributed by atoms with E-state index in [2.05, 4.69) is 26.8 Å².